The number of hydrazone groups is 1. The maximum atomic E-state index is 12.8. The maximum Gasteiger partial charge on any atom is 0.276 e. The molecule has 0 fully saturated rings. The summed E-state index contributed by atoms with van der Waals surface area (Å²) >= 11 is 6.25. The van der Waals surface area contributed by atoms with E-state index in [0.29, 0.717) is 35.2 Å². The predicted octanol–water partition coefficient (Wildman–Crippen LogP) is 4.03. The van der Waals surface area contributed by atoms with Gasteiger partial charge in [-0.2, -0.15) is 5.10 Å². The number of nitrogens with zero attached hydrogens (tertiary/aromatic N) is 2. The van der Waals surface area contributed by atoms with E-state index in [1.807, 2.05) is 38.1 Å². The highest BCUT2D eigenvalue weighted by Gasteiger charge is 2.13. The first-order chi connectivity index (χ1) is 15.4. The Bertz CT molecular complexity index is 1200. The van der Waals surface area contributed by atoms with Crippen LogP contribution in [0.3, 0.4) is 0 Å². The lowest BCUT2D eigenvalue weighted by atomic mass is 10.1. The zero-order chi connectivity index (χ0) is 23.1. The zero-order valence-corrected chi connectivity index (χ0v) is 18.8. The number of hydrogen-bond acceptors (Lipinski definition) is 5. The van der Waals surface area contributed by atoms with Crippen LogP contribution in [0.4, 0.5) is 0 Å². The second-order valence-electron chi connectivity index (χ2n) is 7.01. The molecule has 0 saturated heterocycles. The van der Waals surface area contributed by atoms with Crippen LogP contribution in [0.15, 0.2) is 64.6 Å². The fourth-order valence-electron chi connectivity index (χ4n) is 3.17. The number of methoxy groups -OCH3 is 1. The second-order valence-corrected chi connectivity index (χ2v) is 7.42. The lowest BCUT2D eigenvalue weighted by Gasteiger charge is -2.11. The second kappa shape index (κ2) is 10.6. The first-order valence-electron chi connectivity index (χ1n) is 10.0. The minimum absolute atomic E-state index is 0.000361. The van der Waals surface area contributed by atoms with E-state index < -0.39 is 11.5 Å². The summed E-state index contributed by atoms with van der Waals surface area (Å²) in [5.41, 5.74) is 4.67. The van der Waals surface area contributed by atoms with Gasteiger partial charge in [0.05, 0.1) is 31.5 Å². The Balaban J connectivity index is 1.75. The molecule has 1 N–H and O–H groups in total. The van der Waals surface area contributed by atoms with Crippen LogP contribution in [0.2, 0.25) is 5.02 Å². The SMILES string of the molecule is CCOc1c(Cl)cc(/C=N\NC(=O)c2cccn(Cc3cccc(C)c3)c2=O)cc1OC. The van der Waals surface area contributed by atoms with Crippen molar-refractivity contribution >= 4 is 23.7 Å². The number of hydrogen-bond donors (Lipinski definition) is 1. The minimum atomic E-state index is -0.603. The molecule has 3 aromatic rings. The number of nitrogens with one attached hydrogen (secondary N) is 1. The van der Waals surface area contributed by atoms with Crippen molar-refractivity contribution in [3.63, 3.8) is 0 Å². The van der Waals surface area contributed by atoms with Crippen molar-refractivity contribution in [3.8, 4) is 11.5 Å². The normalized spacial score (nSPS) is 10.9. The Morgan fingerprint density at radius 1 is 1.22 bits per heavy atom. The van der Waals surface area contributed by atoms with Crippen LogP contribution >= 0.6 is 11.6 Å². The number of carbonyl (C=O) groups is 1. The number of aryl methyl sites for hydroxylation is 1. The van der Waals surface area contributed by atoms with Gasteiger partial charge in [0, 0.05) is 6.20 Å². The van der Waals surface area contributed by atoms with Crippen molar-refractivity contribution < 1.29 is 14.3 Å². The quantitative estimate of drug-likeness (QED) is 0.412. The fraction of sp³-hybridized carbons (Fsp3) is 0.208. The van der Waals surface area contributed by atoms with Gasteiger partial charge >= 0.3 is 0 Å². The van der Waals surface area contributed by atoms with E-state index in [4.69, 9.17) is 21.1 Å². The standard InChI is InChI=1S/C24H24ClN3O4/c1-4-32-22-20(25)12-18(13-21(22)31-3)14-26-27-23(29)19-9-6-10-28(24(19)30)15-17-8-5-7-16(2)11-17/h5-14H,4,15H2,1-3H3,(H,27,29)/b26-14-. The Morgan fingerprint density at radius 2 is 2.03 bits per heavy atom. The van der Waals surface area contributed by atoms with E-state index in [2.05, 4.69) is 10.5 Å². The molecule has 32 heavy (non-hydrogen) atoms. The van der Waals surface area contributed by atoms with Gasteiger partial charge in [-0.15, -0.1) is 0 Å². The highest BCUT2D eigenvalue weighted by Crippen LogP contribution is 2.35. The van der Waals surface area contributed by atoms with Crippen molar-refractivity contribution in [1.29, 1.82) is 0 Å². The summed E-state index contributed by atoms with van der Waals surface area (Å²) in [4.78, 5) is 25.3. The number of amides is 1. The van der Waals surface area contributed by atoms with Gasteiger partial charge in [0.2, 0.25) is 0 Å². The van der Waals surface area contributed by atoms with Gasteiger partial charge in [0.15, 0.2) is 11.5 Å². The molecule has 0 aliphatic rings. The third kappa shape index (κ3) is 5.56. The monoisotopic (exact) mass is 453 g/mol. The number of aromatic nitrogens is 1. The van der Waals surface area contributed by atoms with Gasteiger partial charge in [-0.05, 0) is 49.2 Å². The van der Waals surface area contributed by atoms with Gasteiger partial charge in [-0.25, -0.2) is 5.43 Å². The molecular formula is C24H24ClN3O4. The Hall–Kier alpha value is -3.58. The average Bonchev–Trinajstić information content (AvgIpc) is 2.77. The van der Waals surface area contributed by atoms with E-state index in [1.54, 1.807) is 24.4 Å². The largest absolute Gasteiger partial charge is 0.493 e. The molecule has 0 unspecified atom stereocenters. The van der Waals surface area contributed by atoms with Gasteiger partial charge in [-0.3, -0.25) is 9.59 Å². The molecular weight excluding hydrogens is 430 g/mol. The molecule has 1 aromatic heterocycles. The molecule has 1 amide bonds. The van der Waals surface area contributed by atoms with E-state index in [0.717, 1.165) is 11.1 Å². The Labute approximate surface area is 191 Å². The third-order valence-electron chi connectivity index (χ3n) is 4.62. The molecule has 0 radical (unpaired) electrons. The van der Waals surface area contributed by atoms with Crippen molar-refractivity contribution in [2.45, 2.75) is 20.4 Å². The molecule has 0 aliphatic carbocycles. The maximum absolute atomic E-state index is 12.8. The van der Waals surface area contributed by atoms with Crippen molar-refractivity contribution in [3.05, 3.63) is 92.4 Å². The summed E-state index contributed by atoms with van der Waals surface area (Å²) in [5.74, 6) is 0.291. The van der Waals surface area contributed by atoms with Crippen molar-refractivity contribution in [2.24, 2.45) is 5.10 Å². The van der Waals surface area contributed by atoms with Crippen LogP contribution < -0.4 is 20.5 Å². The summed E-state index contributed by atoms with van der Waals surface area (Å²) in [6.07, 6.45) is 3.06. The first-order valence-corrected chi connectivity index (χ1v) is 10.4. The summed E-state index contributed by atoms with van der Waals surface area (Å²) in [6, 6.07) is 14.3. The Kier molecular flexibility index (Phi) is 7.68. The number of pyridine rings is 1. The summed E-state index contributed by atoms with van der Waals surface area (Å²) in [6.45, 7) is 4.65. The summed E-state index contributed by atoms with van der Waals surface area (Å²) in [5, 5.41) is 4.31. The van der Waals surface area contributed by atoms with E-state index >= 15 is 0 Å². The lowest BCUT2D eigenvalue weighted by Crippen LogP contribution is -2.30. The molecule has 7 nitrogen and oxygen atoms in total. The molecule has 1 heterocycles. The van der Waals surface area contributed by atoms with Crippen LogP contribution in [0, 0.1) is 6.92 Å². The number of halogens is 1. The lowest BCUT2D eigenvalue weighted by molar-refractivity contribution is 0.0953. The molecule has 2 aromatic carbocycles. The van der Waals surface area contributed by atoms with Crippen molar-refractivity contribution in [1.82, 2.24) is 9.99 Å². The topological polar surface area (TPSA) is 81.9 Å². The molecule has 0 saturated carbocycles. The number of carbonyl (C=O) groups excluding carboxylic acids is 1. The van der Waals surface area contributed by atoms with E-state index in [9.17, 15) is 9.59 Å². The highest BCUT2D eigenvalue weighted by atomic mass is 35.5. The van der Waals surface area contributed by atoms with Gasteiger partial charge in [0.25, 0.3) is 11.5 Å². The highest BCUT2D eigenvalue weighted by molar-refractivity contribution is 6.32. The van der Waals surface area contributed by atoms with Crippen molar-refractivity contribution in [2.75, 3.05) is 13.7 Å². The third-order valence-corrected chi connectivity index (χ3v) is 4.90. The van der Waals surface area contributed by atoms with Crippen LogP contribution in [0.1, 0.15) is 34.0 Å². The number of benzene rings is 2. The minimum Gasteiger partial charge on any atom is -0.493 e. The summed E-state index contributed by atoms with van der Waals surface area (Å²) in [7, 11) is 1.51. The average molecular weight is 454 g/mol. The molecule has 0 atom stereocenters. The van der Waals surface area contributed by atoms with Gasteiger partial charge < -0.3 is 14.0 Å². The smallest absolute Gasteiger partial charge is 0.276 e. The van der Waals surface area contributed by atoms with Crippen LogP contribution in [0.5, 0.6) is 11.5 Å². The van der Waals surface area contributed by atoms with Crippen LogP contribution in [0.25, 0.3) is 0 Å². The predicted molar refractivity (Wildman–Crippen MR) is 125 cm³/mol. The fourth-order valence-corrected chi connectivity index (χ4v) is 3.44. The van der Waals surface area contributed by atoms with Gasteiger partial charge in [-0.1, -0.05) is 41.4 Å². The van der Waals surface area contributed by atoms with Crippen LogP contribution in [-0.4, -0.2) is 30.4 Å². The molecule has 3 rings (SSSR count). The number of rotatable bonds is 8. The zero-order valence-electron chi connectivity index (χ0n) is 18.1. The van der Waals surface area contributed by atoms with E-state index in [-0.39, 0.29) is 5.56 Å². The molecule has 0 bridgehead atoms. The first kappa shape index (κ1) is 23.1. The molecule has 8 heteroatoms. The summed E-state index contributed by atoms with van der Waals surface area (Å²) < 4.78 is 12.3. The molecule has 0 aliphatic heterocycles. The number of ether oxygens (including phenoxy) is 2. The van der Waals surface area contributed by atoms with E-state index in [1.165, 1.54) is 24.0 Å². The van der Waals surface area contributed by atoms with Gasteiger partial charge in [0.1, 0.15) is 5.56 Å². The van der Waals surface area contributed by atoms with Crippen LogP contribution in [-0.2, 0) is 6.54 Å². The molecule has 166 valence electrons. The molecule has 0 spiro atoms. The Morgan fingerprint density at radius 3 is 2.75 bits per heavy atom.